The van der Waals surface area contributed by atoms with E-state index in [0.29, 0.717) is 0 Å². The van der Waals surface area contributed by atoms with E-state index in [1.165, 1.54) is 17.9 Å². The Kier molecular flexibility index (Phi) is 4.40. The topological polar surface area (TPSA) is 18.5 Å². The van der Waals surface area contributed by atoms with Gasteiger partial charge in [-0.15, -0.1) is 0 Å². The Morgan fingerprint density at radius 2 is 1.74 bits per heavy atom. The molecule has 19 heavy (non-hydrogen) atoms. The van der Waals surface area contributed by atoms with Crippen molar-refractivity contribution in [3.05, 3.63) is 35.4 Å². The molecule has 0 unspecified atom stereocenters. The van der Waals surface area contributed by atoms with Crippen LogP contribution in [0.15, 0.2) is 35.4 Å². The fraction of sp³-hybridized carbons (Fsp3) is 0.467. The van der Waals surface area contributed by atoms with Gasteiger partial charge in [0.15, 0.2) is 0 Å². The molecular formula is C15H23BO2Si. The lowest BCUT2D eigenvalue weighted by Gasteiger charge is -2.22. The standard InChI is InChI=1S/C15H23BO2Si/c1-5-6-7-12-15(19(2,3)4)16-17-13-10-8-9-11-14(13)18-16/h8-12H,5-7H2,1-4H3/b15-12-. The minimum atomic E-state index is -1.43. The van der Waals surface area contributed by atoms with Crippen molar-refractivity contribution in [2.24, 2.45) is 0 Å². The summed E-state index contributed by atoms with van der Waals surface area (Å²) in [5.41, 5.74) is 0. The fourth-order valence-electron chi connectivity index (χ4n) is 2.24. The molecule has 0 radical (unpaired) electrons. The maximum absolute atomic E-state index is 5.97. The highest BCUT2D eigenvalue weighted by atomic mass is 28.3. The maximum atomic E-state index is 5.97. The van der Waals surface area contributed by atoms with Crippen LogP contribution >= 0.6 is 0 Å². The smallest absolute Gasteiger partial charge is 0.520 e. The van der Waals surface area contributed by atoms with Crippen molar-refractivity contribution in [1.29, 1.82) is 0 Å². The lowest BCUT2D eigenvalue weighted by Crippen LogP contribution is -2.40. The normalized spacial score (nSPS) is 14.9. The Balaban J connectivity index is 2.16. The maximum Gasteiger partial charge on any atom is 0.623 e. The molecule has 2 rings (SSSR count). The zero-order chi connectivity index (χ0) is 13.9. The predicted octanol–water partition coefficient (Wildman–Crippen LogP) is 4.48. The van der Waals surface area contributed by atoms with E-state index in [1.54, 1.807) is 0 Å². The van der Waals surface area contributed by atoms with Crippen LogP contribution in [0, 0.1) is 0 Å². The predicted molar refractivity (Wildman–Crippen MR) is 84.4 cm³/mol. The van der Waals surface area contributed by atoms with E-state index in [9.17, 15) is 0 Å². The van der Waals surface area contributed by atoms with Crippen molar-refractivity contribution < 1.29 is 9.31 Å². The second-order valence-corrected chi connectivity index (χ2v) is 11.1. The van der Waals surface area contributed by atoms with Crippen molar-refractivity contribution in [2.45, 2.75) is 45.8 Å². The number of rotatable bonds is 5. The van der Waals surface area contributed by atoms with E-state index in [4.69, 9.17) is 9.31 Å². The molecule has 1 aliphatic rings. The molecule has 0 saturated heterocycles. The van der Waals surface area contributed by atoms with Crippen molar-refractivity contribution in [3.63, 3.8) is 0 Å². The van der Waals surface area contributed by atoms with Crippen LogP contribution in [-0.2, 0) is 0 Å². The van der Waals surface area contributed by atoms with Crippen molar-refractivity contribution in [2.75, 3.05) is 0 Å². The second kappa shape index (κ2) is 5.87. The molecule has 0 spiro atoms. The minimum Gasteiger partial charge on any atom is -0.520 e. The molecule has 4 heteroatoms. The molecule has 1 aromatic rings. The Hall–Kier alpha value is -1.16. The van der Waals surface area contributed by atoms with E-state index >= 15 is 0 Å². The molecular weight excluding hydrogens is 251 g/mol. The average molecular weight is 274 g/mol. The lowest BCUT2D eigenvalue weighted by atomic mass is 9.88. The van der Waals surface area contributed by atoms with E-state index in [-0.39, 0.29) is 7.12 Å². The zero-order valence-electron chi connectivity index (χ0n) is 12.4. The highest BCUT2D eigenvalue weighted by molar-refractivity contribution is 6.95. The number of allylic oxidation sites excluding steroid dienone is 1. The van der Waals surface area contributed by atoms with Crippen LogP contribution < -0.4 is 9.31 Å². The van der Waals surface area contributed by atoms with Crippen molar-refractivity contribution in [3.8, 4) is 11.5 Å². The molecule has 0 atom stereocenters. The van der Waals surface area contributed by atoms with Crippen LogP contribution in [0.4, 0.5) is 0 Å². The van der Waals surface area contributed by atoms with Gasteiger partial charge < -0.3 is 9.31 Å². The monoisotopic (exact) mass is 274 g/mol. The molecule has 0 amide bonds. The van der Waals surface area contributed by atoms with Crippen LogP contribution in [0.5, 0.6) is 11.5 Å². The van der Waals surface area contributed by atoms with Gasteiger partial charge in [0.2, 0.25) is 0 Å². The molecule has 0 aromatic heterocycles. The molecule has 0 N–H and O–H groups in total. The molecule has 0 fully saturated rings. The lowest BCUT2D eigenvalue weighted by molar-refractivity contribution is 0.514. The number of hydrogen-bond acceptors (Lipinski definition) is 2. The van der Waals surface area contributed by atoms with Gasteiger partial charge >= 0.3 is 7.12 Å². The van der Waals surface area contributed by atoms with Gasteiger partial charge in [-0.2, -0.15) is 0 Å². The van der Waals surface area contributed by atoms with Gasteiger partial charge in [-0.3, -0.25) is 0 Å². The van der Waals surface area contributed by atoms with Gasteiger partial charge in [0, 0.05) is 0 Å². The third kappa shape index (κ3) is 3.44. The van der Waals surface area contributed by atoms with E-state index in [1.807, 2.05) is 24.3 Å². The Bertz CT molecular complexity index is 440. The summed E-state index contributed by atoms with van der Waals surface area (Å²) in [5, 5.41) is 1.37. The van der Waals surface area contributed by atoms with Gasteiger partial charge in [0.1, 0.15) is 11.5 Å². The van der Waals surface area contributed by atoms with Crippen LogP contribution in [-0.4, -0.2) is 15.2 Å². The van der Waals surface area contributed by atoms with Gasteiger partial charge in [-0.25, -0.2) is 0 Å². The summed E-state index contributed by atoms with van der Waals surface area (Å²) in [6.45, 7) is 9.27. The van der Waals surface area contributed by atoms with Gasteiger partial charge in [-0.05, 0) is 23.6 Å². The summed E-state index contributed by atoms with van der Waals surface area (Å²) in [6, 6.07) is 7.92. The SMILES string of the molecule is CCCC/C=C(/B1Oc2ccccc2O1)[Si](C)(C)C. The van der Waals surface area contributed by atoms with Crippen LogP contribution in [0.25, 0.3) is 0 Å². The summed E-state index contributed by atoms with van der Waals surface area (Å²) >= 11 is 0. The van der Waals surface area contributed by atoms with Gasteiger partial charge in [-0.1, -0.05) is 57.6 Å². The first-order valence-corrected chi connectivity index (χ1v) is 10.6. The summed E-state index contributed by atoms with van der Waals surface area (Å²) in [4.78, 5) is 0. The Labute approximate surface area is 118 Å². The highest BCUT2D eigenvalue weighted by Gasteiger charge is 2.41. The molecule has 1 aliphatic heterocycles. The molecule has 0 saturated carbocycles. The Morgan fingerprint density at radius 1 is 1.16 bits per heavy atom. The number of unbranched alkanes of at least 4 members (excludes halogenated alkanes) is 2. The first kappa shape index (κ1) is 14.3. The van der Waals surface area contributed by atoms with E-state index < -0.39 is 8.07 Å². The summed E-state index contributed by atoms with van der Waals surface area (Å²) < 4.78 is 11.9. The summed E-state index contributed by atoms with van der Waals surface area (Å²) in [5.74, 6) is 1.74. The number of hydrogen-bond donors (Lipinski definition) is 0. The van der Waals surface area contributed by atoms with E-state index in [2.05, 4.69) is 32.6 Å². The first-order chi connectivity index (χ1) is 9.02. The minimum absolute atomic E-state index is 0.207. The van der Waals surface area contributed by atoms with E-state index in [0.717, 1.165) is 17.9 Å². The highest BCUT2D eigenvalue weighted by Crippen LogP contribution is 2.36. The Morgan fingerprint density at radius 3 is 2.21 bits per heavy atom. The second-order valence-electron chi connectivity index (χ2n) is 6.07. The molecule has 2 nitrogen and oxygen atoms in total. The first-order valence-electron chi connectivity index (χ1n) is 7.15. The van der Waals surface area contributed by atoms with Crippen molar-refractivity contribution in [1.82, 2.24) is 0 Å². The number of para-hydroxylation sites is 2. The van der Waals surface area contributed by atoms with Gasteiger partial charge in [0.05, 0.1) is 8.07 Å². The number of fused-ring (bicyclic) bond motifs is 1. The third-order valence-electron chi connectivity index (χ3n) is 3.36. The van der Waals surface area contributed by atoms with Crippen molar-refractivity contribution >= 4 is 15.2 Å². The summed E-state index contributed by atoms with van der Waals surface area (Å²) in [6.07, 6.45) is 5.93. The molecule has 1 aromatic carbocycles. The quantitative estimate of drug-likeness (QED) is 0.582. The zero-order valence-corrected chi connectivity index (χ0v) is 13.4. The third-order valence-corrected chi connectivity index (χ3v) is 5.53. The van der Waals surface area contributed by atoms with Gasteiger partial charge in [0.25, 0.3) is 0 Å². The van der Waals surface area contributed by atoms with Crippen LogP contribution in [0.3, 0.4) is 0 Å². The molecule has 0 aliphatic carbocycles. The van der Waals surface area contributed by atoms with Crippen LogP contribution in [0.2, 0.25) is 19.6 Å². The number of benzene rings is 1. The molecule has 0 bridgehead atoms. The average Bonchev–Trinajstić information content (AvgIpc) is 2.76. The largest absolute Gasteiger partial charge is 0.623 e. The molecule has 102 valence electrons. The fourth-order valence-corrected chi connectivity index (χ4v) is 3.83. The molecule has 1 heterocycles. The summed E-state index contributed by atoms with van der Waals surface area (Å²) in [7, 11) is -1.64. The van der Waals surface area contributed by atoms with Crippen LogP contribution in [0.1, 0.15) is 26.2 Å².